The third-order valence-electron chi connectivity index (χ3n) is 6.63. The number of amides is 2. The number of para-hydroxylation sites is 1. The molecule has 2 amide bonds. The molecule has 9 heteroatoms. The molecular formula is C29H32FN5O3. The minimum absolute atomic E-state index is 0.126. The molecule has 0 aliphatic carbocycles. The van der Waals surface area contributed by atoms with Crippen molar-refractivity contribution < 1.29 is 18.7 Å². The SMILES string of the molecule is CCC(C)(C)NC(=O)[C@@H](c1ccc(F)cc1)N(Cc1ccc(OC)cc1)C(=O)Cn1nnc2ccccc21. The van der Waals surface area contributed by atoms with Gasteiger partial charge in [0.25, 0.3) is 0 Å². The highest BCUT2D eigenvalue weighted by Gasteiger charge is 2.34. The number of aromatic nitrogens is 3. The van der Waals surface area contributed by atoms with Crippen LogP contribution in [0.1, 0.15) is 44.4 Å². The van der Waals surface area contributed by atoms with Crippen LogP contribution in [-0.2, 0) is 22.7 Å². The summed E-state index contributed by atoms with van der Waals surface area (Å²) in [5, 5.41) is 11.4. The molecule has 0 saturated heterocycles. The molecular weight excluding hydrogens is 485 g/mol. The second-order valence-corrected chi connectivity index (χ2v) is 9.79. The first-order valence-corrected chi connectivity index (χ1v) is 12.5. The van der Waals surface area contributed by atoms with Gasteiger partial charge in [0.2, 0.25) is 11.8 Å². The normalized spacial score (nSPS) is 12.2. The van der Waals surface area contributed by atoms with E-state index in [0.29, 0.717) is 28.8 Å². The number of hydrogen-bond acceptors (Lipinski definition) is 5. The van der Waals surface area contributed by atoms with Crippen molar-refractivity contribution in [2.24, 2.45) is 0 Å². The third kappa shape index (κ3) is 6.16. The predicted octanol–water partition coefficient (Wildman–Crippen LogP) is 4.65. The fourth-order valence-electron chi connectivity index (χ4n) is 4.11. The Balaban J connectivity index is 1.76. The van der Waals surface area contributed by atoms with Crippen molar-refractivity contribution in [2.45, 2.75) is 51.9 Å². The molecule has 4 rings (SSSR count). The molecule has 0 fully saturated rings. The summed E-state index contributed by atoms with van der Waals surface area (Å²) in [6.45, 7) is 5.83. The lowest BCUT2D eigenvalue weighted by Gasteiger charge is -2.34. The largest absolute Gasteiger partial charge is 0.497 e. The van der Waals surface area contributed by atoms with Crippen molar-refractivity contribution in [3.8, 4) is 5.75 Å². The van der Waals surface area contributed by atoms with Crippen molar-refractivity contribution in [3.63, 3.8) is 0 Å². The van der Waals surface area contributed by atoms with Gasteiger partial charge in [0.15, 0.2) is 0 Å². The topological polar surface area (TPSA) is 89.4 Å². The zero-order chi connectivity index (χ0) is 27.3. The molecule has 0 saturated carbocycles. The summed E-state index contributed by atoms with van der Waals surface area (Å²) in [4.78, 5) is 29.3. The molecule has 8 nitrogen and oxygen atoms in total. The molecule has 0 unspecified atom stereocenters. The number of fused-ring (bicyclic) bond motifs is 1. The van der Waals surface area contributed by atoms with Gasteiger partial charge in [-0.25, -0.2) is 9.07 Å². The molecule has 0 aliphatic heterocycles. The van der Waals surface area contributed by atoms with Gasteiger partial charge in [-0.15, -0.1) is 5.10 Å². The van der Waals surface area contributed by atoms with Gasteiger partial charge in [0, 0.05) is 12.1 Å². The number of rotatable bonds is 10. The van der Waals surface area contributed by atoms with Crippen LogP contribution in [0.3, 0.4) is 0 Å². The van der Waals surface area contributed by atoms with E-state index in [1.165, 1.54) is 33.8 Å². The average molecular weight is 518 g/mol. The van der Waals surface area contributed by atoms with Crippen molar-refractivity contribution in [3.05, 3.63) is 89.7 Å². The first kappa shape index (κ1) is 26.8. The first-order chi connectivity index (χ1) is 18.2. The standard InChI is InChI=1S/C29H32FN5O3/c1-5-29(2,3)31-28(37)27(21-12-14-22(30)15-13-21)34(18-20-10-16-23(38-4)17-11-20)26(36)19-35-25-9-7-6-8-24(25)32-33-35/h6-17,27H,5,18-19H2,1-4H3,(H,31,37)/t27-/m1/s1. The van der Waals surface area contributed by atoms with Crippen LogP contribution in [0, 0.1) is 5.82 Å². The summed E-state index contributed by atoms with van der Waals surface area (Å²) in [7, 11) is 1.58. The maximum absolute atomic E-state index is 14.0. The van der Waals surface area contributed by atoms with Gasteiger partial charge in [-0.3, -0.25) is 9.59 Å². The van der Waals surface area contributed by atoms with E-state index in [2.05, 4.69) is 15.6 Å². The average Bonchev–Trinajstić information content (AvgIpc) is 3.32. The number of ether oxygens (including phenoxy) is 1. The Kier molecular flexibility index (Phi) is 8.05. The zero-order valence-corrected chi connectivity index (χ0v) is 22.0. The van der Waals surface area contributed by atoms with E-state index >= 15 is 0 Å². The summed E-state index contributed by atoms with van der Waals surface area (Å²) < 4.78 is 20.6. The van der Waals surface area contributed by atoms with Crippen LogP contribution >= 0.6 is 0 Å². The Hall–Kier alpha value is -4.27. The Morgan fingerprint density at radius 1 is 1.05 bits per heavy atom. The number of methoxy groups -OCH3 is 1. The second kappa shape index (κ2) is 11.4. The molecule has 0 bridgehead atoms. The maximum atomic E-state index is 14.0. The Morgan fingerprint density at radius 2 is 1.74 bits per heavy atom. The van der Waals surface area contributed by atoms with Crippen LogP contribution in [0.15, 0.2) is 72.8 Å². The van der Waals surface area contributed by atoms with E-state index < -0.39 is 17.4 Å². The fraction of sp³-hybridized carbons (Fsp3) is 0.310. The molecule has 0 radical (unpaired) electrons. The van der Waals surface area contributed by atoms with Crippen LogP contribution in [0.4, 0.5) is 4.39 Å². The van der Waals surface area contributed by atoms with Crippen LogP contribution in [0.25, 0.3) is 11.0 Å². The van der Waals surface area contributed by atoms with E-state index in [1.54, 1.807) is 19.2 Å². The lowest BCUT2D eigenvalue weighted by atomic mass is 9.98. The van der Waals surface area contributed by atoms with Crippen LogP contribution < -0.4 is 10.1 Å². The van der Waals surface area contributed by atoms with Crippen LogP contribution in [0.2, 0.25) is 0 Å². The lowest BCUT2D eigenvalue weighted by molar-refractivity contribution is -0.143. The van der Waals surface area contributed by atoms with E-state index in [0.717, 1.165) is 5.56 Å². The van der Waals surface area contributed by atoms with E-state index in [-0.39, 0.29) is 24.9 Å². The zero-order valence-electron chi connectivity index (χ0n) is 22.0. The van der Waals surface area contributed by atoms with Gasteiger partial charge in [-0.05, 0) is 67.8 Å². The van der Waals surface area contributed by atoms with Crippen LogP contribution in [0.5, 0.6) is 5.75 Å². The molecule has 3 aromatic carbocycles. The Morgan fingerprint density at radius 3 is 2.39 bits per heavy atom. The molecule has 1 aromatic heterocycles. The van der Waals surface area contributed by atoms with Crippen molar-refractivity contribution >= 4 is 22.8 Å². The van der Waals surface area contributed by atoms with Crippen molar-refractivity contribution in [1.29, 1.82) is 0 Å². The highest BCUT2D eigenvalue weighted by atomic mass is 19.1. The van der Waals surface area contributed by atoms with Gasteiger partial charge in [0.05, 0.1) is 12.6 Å². The number of hydrogen-bond donors (Lipinski definition) is 1. The minimum atomic E-state index is -1.01. The highest BCUT2D eigenvalue weighted by molar-refractivity contribution is 5.89. The summed E-state index contributed by atoms with van der Waals surface area (Å²) in [5.41, 5.74) is 2.17. The number of halogens is 1. The molecule has 38 heavy (non-hydrogen) atoms. The molecule has 198 valence electrons. The Labute approximate surface area is 221 Å². The first-order valence-electron chi connectivity index (χ1n) is 12.5. The molecule has 4 aromatic rings. The molecule has 1 heterocycles. The van der Waals surface area contributed by atoms with Crippen molar-refractivity contribution in [2.75, 3.05) is 7.11 Å². The van der Waals surface area contributed by atoms with Gasteiger partial charge in [-0.2, -0.15) is 0 Å². The van der Waals surface area contributed by atoms with Gasteiger partial charge in [0.1, 0.15) is 29.7 Å². The van der Waals surface area contributed by atoms with Gasteiger partial charge in [-0.1, -0.05) is 48.5 Å². The predicted molar refractivity (Wildman–Crippen MR) is 143 cm³/mol. The molecule has 0 spiro atoms. The molecule has 1 atom stereocenters. The smallest absolute Gasteiger partial charge is 0.247 e. The summed E-state index contributed by atoms with van der Waals surface area (Å²) in [5.74, 6) is -0.439. The number of nitrogens with one attached hydrogen (secondary N) is 1. The fourth-order valence-corrected chi connectivity index (χ4v) is 4.11. The van der Waals surface area contributed by atoms with Crippen LogP contribution in [-0.4, -0.2) is 44.4 Å². The van der Waals surface area contributed by atoms with E-state index in [9.17, 15) is 14.0 Å². The number of nitrogens with zero attached hydrogens (tertiary/aromatic N) is 4. The minimum Gasteiger partial charge on any atom is -0.497 e. The van der Waals surface area contributed by atoms with Gasteiger partial charge < -0.3 is 15.0 Å². The summed E-state index contributed by atoms with van der Waals surface area (Å²) >= 11 is 0. The maximum Gasteiger partial charge on any atom is 0.247 e. The highest BCUT2D eigenvalue weighted by Crippen LogP contribution is 2.27. The monoisotopic (exact) mass is 517 g/mol. The van der Waals surface area contributed by atoms with Gasteiger partial charge >= 0.3 is 0 Å². The summed E-state index contributed by atoms with van der Waals surface area (Å²) in [6.07, 6.45) is 0.687. The van der Waals surface area contributed by atoms with E-state index in [4.69, 9.17) is 4.74 Å². The molecule has 0 aliphatic rings. The molecule has 1 N–H and O–H groups in total. The third-order valence-corrected chi connectivity index (χ3v) is 6.63. The second-order valence-electron chi connectivity index (χ2n) is 9.79. The number of benzene rings is 3. The lowest BCUT2D eigenvalue weighted by Crippen LogP contribution is -2.50. The summed E-state index contributed by atoms with van der Waals surface area (Å²) in [6, 6.07) is 19.3. The number of carbonyl (C=O) groups excluding carboxylic acids is 2. The van der Waals surface area contributed by atoms with E-state index in [1.807, 2.05) is 57.2 Å². The van der Waals surface area contributed by atoms with Crippen molar-refractivity contribution in [1.82, 2.24) is 25.2 Å². The Bertz CT molecular complexity index is 1400. The quantitative estimate of drug-likeness (QED) is 0.331. The number of carbonyl (C=O) groups is 2.